The largest absolute Gasteiger partial charge is 0.340 e. The van der Waals surface area contributed by atoms with E-state index in [4.69, 9.17) is 0 Å². The van der Waals surface area contributed by atoms with Crippen molar-refractivity contribution in [2.45, 2.75) is 51.0 Å². The molecule has 4 nitrogen and oxygen atoms in total. The highest BCUT2D eigenvalue weighted by Crippen LogP contribution is 2.37. The molecule has 1 amide bonds. The van der Waals surface area contributed by atoms with Crippen LogP contribution in [0.15, 0.2) is 0 Å². The van der Waals surface area contributed by atoms with E-state index in [0.29, 0.717) is 0 Å². The lowest BCUT2D eigenvalue weighted by molar-refractivity contribution is -0.142. The van der Waals surface area contributed by atoms with Crippen LogP contribution in [0.3, 0.4) is 0 Å². The van der Waals surface area contributed by atoms with Crippen LogP contribution in [0.25, 0.3) is 0 Å². The Kier molecular flexibility index (Phi) is 4.46. The summed E-state index contributed by atoms with van der Waals surface area (Å²) in [7, 11) is 3.99. The lowest BCUT2D eigenvalue weighted by atomic mass is 9.74. The molecule has 0 aromatic heterocycles. The fourth-order valence-electron chi connectivity index (χ4n) is 3.49. The van der Waals surface area contributed by atoms with Crippen LogP contribution in [0.5, 0.6) is 0 Å². The van der Waals surface area contributed by atoms with E-state index in [0.717, 1.165) is 58.0 Å². The van der Waals surface area contributed by atoms with E-state index in [9.17, 15) is 10.1 Å². The smallest absolute Gasteiger partial charge is 0.243 e. The van der Waals surface area contributed by atoms with Crippen molar-refractivity contribution in [3.63, 3.8) is 0 Å². The summed E-state index contributed by atoms with van der Waals surface area (Å²) in [6.07, 6.45) is 6.87. The first-order valence-corrected chi connectivity index (χ1v) is 7.46. The molecule has 1 saturated heterocycles. The maximum absolute atomic E-state index is 12.7. The molecule has 1 unspecified atom stereocenters. The third-order valence-corrected chi connectivity index (χ3v) is 4.80. The molecule has 0 N–H and O–H groups in total. The van der Waals surface area contributed by atoms with Crippen LogP contribution in [0.1, 0.15) is 44.9 Å². The van der Waals surface area contributed by atoms with Gasteiger partial charge in [-0.2, -0.15) is 5.26 Å². The number of carbonyl (C=O) groups excluding carboxylic acids is 1. The van der Waals surface area contributed by atoms with Gasteiger partial charge in [0, 0.05) is 19.6 Å². The van der Waals surface area contributed by atoms with Crippen molar-refractivity contribution in [2.24, 2.45) is 5.41 Å². The second-order valence-corrected chi connectivity index (χ2v) is 6.23. The minimum atomic E-state index is -0.733. The summed E-state index contributed by atoms with van der Waals surface area (Å²) in [5.41, 5.74) is -0.733. The number of hydrogen-bond donors (Lipinski definition) is 0. The van der Waals surface area contributed by atoms with Crippen molar-refractivity contribution in [2.75, 3.05) is 27.2 Å². The molecule has 0 spiro atoms. The molecule has 2 fully saturated rings. The van der Waals surface area contributed by atoms with Gasteiger partial charge in [0.25, 0.3) is 0 Å². The first-order valence-electron chi connectivity index (χ1n) is 7.46. The highest BCUT2D eigenvalue weighted by atomic mass is 16.2. The summed E-state index contributed by atoms with van der Waals surface area (Å²) in [4.78, 5) is 16.9. The van der Waals surface area contributed by atoms with Gasteiger partial charge in [0.05, 0.1) is 6.07 Å². The number of piperidine rings is 1. The predicted octanol–water partition coefficient (Wildman–Crippen LogP) is 2.01. The molecule has 0 radical (unpaired) electrons. The minimum absolute atomic E-state index is 0.0648. The number of nitriles is 1. The van der Waals surface area contributed by atoms with Crippen molar-refractivity contribution in [3.8, 4) is 6.07 Å². The SMILES string of the molecule is CN1CCCC(N(C)C(=O)C2(C#N)CCCCC2)C1. The summed E-state index contributed by atoms with van der Waals surface area (Å²) in [6.45, 7) is 2.05. The number of likely N-dealkylation sites (N-methyl/N-ethyl adjacent to an activating group) is 2. The zero-order chi connectivity index (χ0) is 13.9. The Labute approximate surface area is 116 Å². The maximum Gasteiger partial charge on any atom is 0.243 e. The molecule has 19 heavy (non-hydrogen) atoms. The van der Waals surface area contributed by atoms with E-state index in [2.05, 4.69) is 18.0 Å². The Morgan fingerprint density at radius 2 is 2.00 bits per heavy atom. The van der Waals surface area contributed by atoms with Crippen LogP contribution in [0, 0.1) is 16.7 Å². The molecule has 0 aromatic carbocycles. The summed E-state index contributed by atoms with van der Waals surface area (Å²) >= 11 is 0. The fourth-order valence-corrected chi connectivity index (χ4v) is 3.49. The Morgan fingerprint density at radius 1 is 1.32 bits per heavy atom. The highest BCUT2D eigenvalue weighted by Gasteiger charge is 2.43. The van der Waals surface area contributed by atoms with Gasteiger partial charge < -0.3 is 9.80 Å². The van der Waals surface area contributed by atoms with Crippen LogP contribution in [-0.2, 0) is 4.79 Å². The zero-order valence-corrected chi connectivity index (χ0v) is 12.2. The number of nitrogens with zero attached hydrogens (tertiary/aromatic N) is 3. The van der Waals surface area contributed by atoms with E-state index in [1.807, 2.05) is 11.9 Å². The topological polar surface area (TPSA) is 47.3 Å². The molecule has 4 heteroatoms. The summed E-state index contributed by atoms with van der Waals surface area (Å²) in [5, 5.41) is 9.50. The maximum atomic E-state index is 12.7. The standard InChI is InChI=1S/C15H25N3O/c1-17-10-6-7-13(11-17)18(2)14(19)15(12-16)8-4-3-5-9-15/h13H,3-11H2,1-2H3. The van der Waals surface area contributed by atoms with Gasteiger partial charge in [0.2, 0.25) is 5.91 Å². The van der Waals surface area contributed by atoms with Crippen LogP contribution < -0.4 is 0 Å². The molecule has 2 rings (SSSR count). The number of amides is 1. The number of hydrogen-bond acceptors (Lipinski definition) is 3. The predicted molar refractivity (Wildman–Crippen MR) is 74.4 cm³/mol. The molecule has 1 aliphatic carbocycles. The van der Waals surface area contributed by atoms with Gasteiger partial charge in [0.1, 0.15) is 5.41 Å². The third kappa shape index (κ3) is 2.92. The molecule has 2 aliphatic rings. The molecule has 0 aromatic rings. The van der Waals surface area contributed by atoms with Crippen molar-refractivity contribution < 1.29 is 4.79 Å². The first kappa shape index (κ1) is 14.3. The third-order valence-electron chi connectivity index (χ3n) is 4.80. The van der Waals surface area contributed by atoms with Crippen molar-refractivity contribution in [1.29, 1.82) is 5.26 Å². The van der Waals surface area contributed by atoms with Gasteiger partial charge in [-0.05, 0) is 39.3 Å². The zero-order valence-electron chi connectivity index (χ0n) is 12.2. The van der Waals surface area contributed by atoms with Crippen molar-refractivity contribution >= 4 is 5.91 Å². The highest BCUT2D eigenvalue weighted by molar-refractivity contribution is 5.85. The second kappa shape index (κ2) is 5.92. The monoisotopic (exact) mass is 263 g/mol. The van der Waals surface area contributed by atoms with E-state index in [1.165, 1.54) is 0 Å². The quantitative estimate of drug-likeness (QED) is 0.765. The Balaban J connectivity index is 2.07. The average Bonchev–Trinajstić information content (AvgIpc) is 2.46. The average molecular weight is 263 g/mol. The minimum Gasteiger partial charge on any atom is -0.340 e. The van der Waals surface area contributed by atoms with Crippen LogP contribution in [-0.4, -0.2) is 48.9 Å². The number of rotatable bonds is 2. The van der Waals surface area contributed by atoms with Crippen LogP contribution in [0.2, 0.25) is 0 Å². The number of likely N-dealkylation sites (tertiary alicyclic amines) is 1. The van der Waals surface area contributed by atoms with Gasteiger partial charge in [-0.3, -0.25) is 4.79 Å². The summed E-state index contributed by atoms with van der Waals surface area (Å²) in [5.74, 6) is 0.0648. The Hall–Kier alpha value is -1.08. The summed E-state index contributed by atoms with van der Waals surface area (Å²) < 4.78 is 0. The van der Waals surface area contributed by atoms with E-state index < -0.39 is 5.41 Å². The molecule has 1 heterocycles. The molecular weight excluding hydrogens is 238 g/mol. The van der Waals surface area contributed by atoms with Crippen molar-refractivity contribution in [3.05, 3.63) is 0 Å². The van der Waals surface area contributed by atoms with Gasteiger partial charge in [0.15, 0.2) is 0 Å². The van der Waals surface area contributed by atoms with Crippen LogP contribution >= 0.6 is 0 Å². The molecule has 0 bridgehead atoms. The fraction of sp³-hybridized carbons (Fsp3) is 0.867. The first-order chi connectivity index (χ1) is 9.09. The van der Waals surface area contributed by atoms with Gasteiger partial charge in [-0.15, -0.1) is 0 Å². The lowest BCUT2D eigenvalue weighted by Gasteiger charge is -2.40. The Bertz CT molecular complexity index is 368. The normalized spacial score (nSPS) is 27.5. The van der Waals surface area contributed by atoms with E-state index in [-0.39, 0.29) is 11.9 Å². The van der Waals surface area contributed by atoms with Gasteiger partial charge >= 0.3 is 0 Å². The van der Waals surface area contributed by atoms with E-state index in [1.54, 1.807) is 0 Å². The Morgan fingerprint density at radius 3 is 2.58 bits per heavy atom. The van der Waals surface area contributed by atoms with Crippen LogP contribution in [0.4, 0.5) is 0 Å². The molecule has 1 atom stereocenters. The van der Waals surface area contributed by atoms with Crippen molar-refractivity contribution in [1.82, 2.24) is 9.80 Å². The number of carbonyl (C=O) groups is 1. The molecule has 1 saturated carbocycles. The van der Waals surface area contributed by atoms with Gasteiger partial charge in [-0.25, -0.2) is 0 Å². The second-order valence-electron chi connectivity index (χ2n) is 6.23. The lowest BCUT2D eigenvalue weighted by Crippen LogP contribution is -2.52. The molecule has 106 valence electrons. The summed E-state index contributed by atoms with van der Waals surface area (Å²) in [6, 6.07) is 2.62. The molecule has 1 aliphatic heterocycles. The van der Waals surface area contributed by atoms with Gasteiger partial charge in [-0.1, -0.05) is 19.3 Å². The van der Waals surface area contributed by atoms with E-state index >= 15 is 0 Å². The molecular formula is C15H25N3O.